The summed E-state index contributed by atoms with van der Waals surface area (Å²) in [5.41, 5.74) is 3.52. The van der Waals surface area contributed by atoms with Crippen LogP contribution in [0.15, 0.2) is 18.3 Å². The fourth-order valence-corrected chi connectivity index (χ4v) is 4.41. The second-order valence-corrected chi connectivity index (χ2v) is 10.3. The van der Waals surface area contributed by atoms with Crippen LogP contribution < -0.4 is 10.6 Å². The third-order valence-electron chi connectivity index (χ3n) is 6.27. The van der Waals surface area contributed by atoms with Gasteiger partial charge in [-0.05, 0) is 65.5 Å². The van der Waals surface area contributed by atoms with Crippen molar-refractivity contribution in [3.63, 3.8) is 0 Å². The lowest BCUT2D eigenvalue weighted by atomic mass is 9.80. The van der Waals surface area contributed by atoms with E-state index in [1.807, 2.05) is 52.4 Å². The van der Waals surface area contributed by atoms with Crippen LogP contribution in [0.4, 0.5) is 10.6 Å². The van der Waals surface area contributed by atoms with Crippen LogP contribution in [0.5, 0.6) is 0 Å². The number of anilines is 1. The average molecular weight is 456 g/mol. The third kappa shape index (κ3) is 6.33. The molecule has 180 valence electrons. The number of nitrogens with one attached hydrogen (secondary N) is 2. The minimum atomic E-state index is -0.857. The fourth-order valence-electron chi connectivity index (χ4n) is 4.41. The number of aryl methyl sites for hydroxylation is 2. The Balaban J connectivity index is 1.74. The number of nitrogens with zero attached hydrogens (tertiary/aromatic N) is 3. The van der Waals surface area contributed by atoms with E-state index in [0.29, 0.717) is 11.7 Å². The number of ether oxygens (including phenoxy) is 1. The Labute approximate surface area is 196 Å². The average Bonchev–Trinajstić information content (AvgIpc) is 2.98. The molecule has 1 aliphatic carbocycles. The molecule has 0 aliphatic heterocycles. The van der Waals surface area contributed by atoms with Crippen LogP contribution in [-0.2, 0) is 16.6 Å². The Morgan fingerprint density at radius 3 is 2.33 bits per heavy atom. The molecule has 2 N–H and O–H groups in total. The lowest BCUT2D eigenvalue weighted by Gasteiger charge is -2.32. The highest BCUT2D eigenvalue weighted by atomic mass is 16.6. The summed E-state index contributed by atoms with van der Waals surface area (Å²) in [6, 6.07) is 3.69. The van der Waals surface area contributed by atoms with Gasteiger partial charge in [-0.15, -0.1) is 0 Å². The molecular formula is C25H37N5O3. The molecule has 0 bridgehead atoms. The molecule has 1 fully saturated rings. The first-order valence-electron chi connectivity index (χ1n) is 11.7. The van der Waals surface area contributed by atoms with Gasteiger partial charge in [-0.25, -0.2) is 9.78 Å². The Morgan fingerprint density at radius 2 is 1.82 bits per heavy atom. The van der Waals surface area contributed by atoms with Gasteiger partial charge in [0.1, 0.15) is 5.82 Å². The predicted molar refractivity (Wildman–Crippen MR) is 129 cm³/mol. The SMILES string of the molecule is Cc1nn(C)c(C)c1-c1ccc(NC(=O)[C@@H](OC(=O)NC(C)(C)C)C2CCC(C)CC2)nc1. The maximum atomic E-state index is 13.2. The van der Waals surface area contributed by atoms with Crippen LogP contribution in [0, 0.1) is 25.7 Å². The molecule has 3 rings (SSSR count). The quantitative estimate of drug-likeness (QED) is 0.677. The van der Waals surface area contributed by atoms with Crippen molar-refractivity contribution in [3.8, 4) is 11.1 Å². The number of carbonyl (C=O) groups excluding carboxylic acids is 2. The summed E-state index contributed by atoms with van der Waals surface area (Å²) in [7, 11) is 1.91. The predicted octanol–water partition coefficient (Wildman–Crippen LogP) is 4.76. The van der Waals surface area contributed by atoms with Gasteiger partial charge in [0.25, 0.3) is 5.91 Å². The van der Waals surface area contributed by atoms with Gasteiger partial charge < -0.3 is 15.4 Å². The summed E-state index contributed by atoms with van der Waals surface area (Å²) in [4.78, 5) is 30.1. The van der Waals surface area contributed by atoms with Crippen molar-refractivity contribution in [2.45, 2.75) is 78.9 Å². The topological polar surface area (TPSA) is 98.1 Å². The minimum absolute atomic E-state index is 0.00751. The lowest BCUT2D eigenvalue weighted by molar-refractivity contribution is -0.128. The smallest absolute Gasteiger partial charge is 0.408 e. The Hall–Kier alpha value is -2.90. The van der Waals surface area contributed by atoms with Gasteiger partial charge in [-0.3, -0.25) is 9.48 Å². The molecule has 8 heteroatoms. The molecule has 33 heavy (non-hydrogen) atoms. The van der Waals surface area contributed by atoms with Crippen molar-refractivity contribution >= 4 is 17.8 Å². The first-order valence-corrected chi connectivity index (χ1v) is 11.7. The second kappa shape index (κ2) is 9.93. The van der Waals surface area contributed by atoms with Gasteiger partial charge in [0, 0.05) is 41.5 Å². The normalized spacial score (nSPS) is 19.6. The van der Waals surface area contributed by atoms with Gasteiger partial charge >= 0.3 is 6.09 Å². The standard InChI is InChI=1S/C25H37N5O3/c1-15-8-10-18(11-9-15)22(33-24(32)28-25(4,5)6)23(31)27-20-13-12-19(14-26-20)21-16(2)29-30(7)17(21)3/h12-15,18,22H,8-11H2,1-7H3,(H,28,32)(H,26,27,31)/t15?,18?,22-/m0/s1. The third-order valence-corrected chi connectivity index (χ3v) is 6.27. The van der Waals surface area contributed by atoms with E-state index in [4.69, 9.17) is 4.74 Å². The lowest BCUT2D eigenvalue weighted by Crippen LogP contribution is -2.47. The van der Waals surface area contributed by atoms with Crippen LogP contribution in [0.25, 0.3) is 11.1 Å². The molecule has 2 amide bonds. The second-order valence-electron chi connectivity index (χ2n) is 10.3. The van der Waals surface area contributed by atoms with E-state index < -0.39 is 17.7 Å². The summed E-state index contributed by atoms with van der Waals surface area (Å²) in [6.45, 7) is 11.8. The molecular weight excluding hydrogens is 418 g/mol. The molecule has 0 saturated heterocycles. The van der Waals surface area contributed by atoms with Crippen molar-refractivity contribution in [2.75, 3.05) is 5.32 Å². The van der Waals surface area contributed by atoms with E-state index in [-0.39, 0.29) is 11.8 Å². The zero-order valence-corrected chi connectivity index (χ0v) is 20.9. The number of carbonyl (C=O) groups is 2. The van der Waals surface area contributed by atoms with Crippen LogP contribution in [0.3, 0.4) is 0 Å². The molecule has 1 saturated carbocycles. The molecule has 1 atom stereocenters. The highest BCUT2D eigenvalue weighted by Gasteiger charge is 2.35. The highest BCUT2D eigenvalue weighted by Crippen LogP contribution is 2.32. The van der Waals surface area contributed by atoms with Gasteiger partial charge in [-0.2, -0.15) is 5.10 Å². The zero-order valence-electron chi connectivity index (χ0n) is 20.9. The maximum Gasteiger partial charge on any atom is 0.408 e. The summed E-state index contributed by atoms with van der Waals surface area (Å²) in [5, 5.41) is 10.1. The van der Waals surface area contributed by atoms with Crippen LogP contribution >= 0.6 is 0 Å². The number of aromatic nitrogens is 3. The van der Waals surface area contributed by atoms with Gasteiger partial charge in [0.2, 0.25) is 0 Å². The maximum absolute atomic E-state index is 13.2. The van der Waals surface area contributed by atoms with E-state index in [2.05, 4.69) is 27.6 Å². The van der Waals surface area contributed by atoms with Crippen molar-refractivity contribution in [1.29, 1.82) is 0 Å². The molecule has 0 spiro atoms. The molecule has 0 unspecified atom stereocenters. The fraction of sp³-hybridized carbons (Fsp3) is 0.600. The number of hydrogen-bond donors (Lipinski definition) is 2. The molecule has 2 aromatic heterocycles. The van der Waals surface area contributed by atoms with E-state index in [0.717, 1.165) is 48.2 Å². The van der Waals surface area contributed by atoms with Crippen molar-refractivity contribution in [2.24, 2.45) is 18.9 Å². The van der Waals surface area contributed by atoms with Crippen LogP contribution in [0.2, 0.25) is 0 Å². The Bertz CT molecular complexity index is 983. The van der Waals surface area contributed by atoms with E-state index >= 15 is 0 Å². The van der Waals surface area contributed by atoms with Crippen molar-refractivity contribution < 1.29 is 14.3 Å². The number of alkyl carbamates (subject to hydrolysis) is 1. The van der Waals surface area contributed by atoms with Crippen molar-refractivity contribution in [1.82, 2.24) is 20.1 Å². The molecule has 1 aliphatic rings. The van der Waals surface area contributed by atoms with E-state index in [1.54, 1.807) is 12.3 Å². The molecule has 0 radical (unpaired) electrons. The van der Waals surface area contributed by atoms with Gasteiger partial charge in [-0.1, -0.05) is 19.8 Å². The van der Waals surface area contributed by atoms with Crippen molar-refractivity contribution in [3.05, 3.63) is 29.7 Å². The largest absolute Gasteiger partial charge is 0.436 e. The van der Waals surface area contributed by atoms with Gasteiger partial charge in [0.15, 0.2) is 6.10 Å². The summed E-state index contributed by atoms with van der Waals surface area (Å²) >= 11 is 0. The number of rotatable bonds is 5. The van der Waals surface area contributed by atoms with Gasteiger partial charge in [0.05, 0.1) is 5.69 Å². The van der Waals surface area contributed by atoms with E-state index in [9.17, 15) is 9.59 Å². The molecule has 0 aromatic carbocycles. The minimum Gasteiger partial charge on any atom is -0.436 e. The Morgan fingerprint density at radius 1 is 1.15 bits per heavy atom. The first-order chi connectivity index (χ1) is 15.4. The molecule has 2 heterocycles. The van der Waals surface area contributed by atoms with Crippen LogP contribution in [0.1, 0.15) is 64.8 Å². The molecule has 8 nitrogen and oxygen atoms in total. The van der Waals surface area contributed by atoms with E-state index in [1.165, 1.54) is 0 Å². The number of amides is 2. The summed E-state index contributed by atoms with van der Waals surface area (Å²) in [5.74, 6) is 0.707. The first kappa shape index (κ1) is 24.7. The van der Waals surface area contributed by atoms with Crippen LogP contribution in [-0.4, -0.2) is 38.4 Å². The number of hydrogen-bond acceptors (Lipinski definition) is 5. The highest BCUT2D eigenvalue weighted by molar-refractivity contribution is 5.95. The molecule has 2 aromatic rings. The number of pyridine rings is 1. The zero-order chi connectivity index (χ0) is 24.3. The summed E-state index contributed by atoms with van der Waals surface area (Å²) in [6.07, 6.45) is 4.06. The monoisotopic (exact) mass is 455 g/mol. The Kier molecular flexibility index (Phi) is 7.44. The summed E-state index contributed by atoms with van der Waals surface area (Å²) < 4.78 is 7.50.